The van der Waals surface area contributed by atoms with Gasteiger partial charge in [-0.3, -0.25) is 35.3 Å². The van der Waals surface area contributed by atoms with Crippen molar-refractivity contribution in [3.8, 4) is 0 Å². The lowest BCUT2D eigenvalue weighted by atomic mass is 9.93. The van der Waals surface area contributed by atoms with Gasteiger partial charge >= 0.3 is 12.1 Å². The van der Waals surface area contributed by atoms with Crippen molar-refractivity contribution in [2.45, 2.75) is 44.1 Å². The summed E-state index contributed by atoms with van der Waals surface area (Å²) in [7, 11) is 0. The van der Waals surface area contributed by atoms with Crippen molar-refractivity contribution < 1.29 is 33.7 Å². The highest BCUT2D eigenvalue weighted by Crippen LogP contribution is 2.18. The molecule has 230 valence electrons. The maximum absolute atomic E-state index is 13.1. The van der Waals surface area contributed by atoms with Gasteiger partial charge in [-0.25, -0.2) is 9.59 Å². The van der Waals surface area contributed by atoms with Gasteiger partial charge in [-0.1, -0.05) is 0 Å². The summed E-state index contributed by atoms with van der Waals surface area (Å²) >= 11 is 0. The molecule has 17 heteroatoms. The molecule has 2 aromatic carbocycles. The van der Waals surface area contributed by atoms with Gasteiger partial charge in [-0.2, -0.15) is 0 Å². The number of hydrogen-bond donors (Lipinski definition) is 5. The zero-order valence-electron chi connectivity index (χ0n) is 23.0. The number of hydrogen-bond acceptors (Lipinski definition) is 12. The van der Waals surface area contributed by atoms with E-state index in [1.54, 1.807) is 0 Å². The Balaban J connectivity index is 1.53. The Kier molecular flexibility index (Phi) is 11.4. The first kappa shape index (κ1) is 32.4. The summed E-state index contributed by atoms with van der Waals surface area (Å²) in [5.74, 6) is -1.99. The number of guanidine groups is 1. The molecule has 0 aliphatic carbocycles. The minimum absolute atomic E-state index is 0.0126. The van der Waals surface area contributed by atoms with E-state index in [0.717, 1.165) is 0 Å². The van der Waals surface area contributed by atoms with Crippen LogP contribution in [0.3, 0.4) is 0 Å². The first-order valence-corrected chi connectivity index (χ1v) is 13.2. The summed E-state index contributed by atoms with van der Waals surface area (Å²) in [6, 6.07) is 10.6. The Morgan fingerprint density at radius 1 is 0.977 bits per heavy atom. The molecule has 3 rings (SSSR count). The Morgan fingerprint density at radius 3 is 2.05 bits per heavy atom. The van der Waals surface area contributed by atoms with Crippen molar-refractivity contribution in [1.29, 1.82) is 0 Å². The average Bonchev–Trinajstić information content (AvgIpc) is 3.50. The van der Waals surface area contributed by atoms with Gasteiger partial charge in [0.2, 0.25) is 0 Å². The molecule has 1 aliphatic rings. The van der Waals surface area contributed by atoms with Crippen LogP contribution < -0.4 is 27.4 Å². The highest BCUT2D eigenvalue weighted by molar-refractivity contribution is 6.07. The van der Waals surface area contributed by atoms with Gasteiger partial charge in [0.15, 0.2) is 11.5 Å². The van der Waals surface area contributed by atoms with E-state index in [0.29, 0.717) is 30.6 Å². The third-order valence-corrected chi connectivity index (χ3v) is 6.44. The molecule has 43 heavy (non-hydrogen) atoms. The van der Waals surface area contributed by atoms with Crippen LogP contribution in [-0.2, 0) is 32.3 Å². The van der Waals surface area contributed by atoms with Crippen LogP contribution in [0.25, 0.3) is 0 Å². The largest absolute Gasteiger partial charge is 0.459 e. The number of nitrogens with one attached hydrogen (secondary N) is 3. The number of nitrogens with two attached hydrogens (primary N) is 2. The van der Waals surface area contributed by atoms with E-state index in [1.807, 2.05) is 0 Å². The number of carbonyl (C=O) groups is 3. The van der Waals surface area contributed by atoms with E-state index in [-0.39, 0.29) is 56.0 Å². The molecule has 2 atom stereocenters. The minimum atomic E-state index is -2.06. The van der Waals surface area contributed by atoms with Crippen LogP contribution in [-0.4, -0.2) is 65.0 Å². The quantitative estimate of drug-likeness (QED) is 0.0406. The van der Waals surface area contributed by atoms with E-state index in [9.17, 15) is 34.6 Å². The fraction of sp³-hybridized carbons (Fsp3) is 0.385. The maximum atomic E-state index is 13.1. The van der Waals surface area contributed by atoms with Gasteiger partial charge in [0.1, 0.15) is 13.2 Å². The van der Waals surface area contributed by atoms with Crippen molar-refractivity contribution in [3.05, 3.63) is 79.9 Å². The van der Waals surface area contributed by atoms with Crippen LogP contribution in [0.1, 0.15) is 30.4 Å². The molecule has 1 unspecified atom stereocenters. The molecule has 0 bridgehead atoms. The number of esters is 1. The molecule has 1 fully saturated rings. The first-order chi connectivity index (χ1) is 20.5. The number of non-ortho nitro benzene ring substituents is 2. The van der Waals surface area contributed by atoms with Gasteiger partial charge < -0.3 is 31.6 Å². The number of nitro benzene ring substituents is 2. The van der Waals surface area contributed by atoms with Gasteiger partial charge in [0, 0.05) is 43.4 Å². The molecule has 7 N–H and O–H groups in total. The monoisotopic (exact) mass is 600 g/mol. The van der Waals surface area contributed by atoms with E-state index in [1.165, 1.54) is 48.5 Å². The van der Waals surface area contributed by atoms with E-state index in [2.05, 4.69) is 20.9 Å². The molecule has 0 saturated carbocycles. The van der Waals surface area contributed by atoms with E-state index in [4.69, 9.17) is 20.9 Å². The molecule has 17 nitrogen and oxygen atoms in total. The summed E-state index contributed by atoms with van der Waals surface area (Å²) < 4.78 is 10.3. The molecule has 1 aliphatic heterocycles. The third-order valence-electron chi connectivity index (χ3n) is 6.44. The number of ether oxygens (including phenoxy) is 2. The Labute approximate surface area is 245 Å². The predicted octanol–water partition coefficient (Wildman–Crippen LogP) is 0.743. The summed E-state index contributed by atoms with van der Waals surface area (Å²) in [5, 5.41) is 29.7. The normalized spacial score (nSPS) is 16.0. The summed E-state index contributed by atoms with van der Waals surface area (Å²) in [4.78, 5) is 62.6. The molecule has 2 amide bonds. The zero-order chi connectivity index (χ0) is 31.4. The van der Waals surface area contributed by atoms with Crippen molar-refractivity contribution in [2.24, 2.45) is 16.5 Å². The van der Waals surface area contributed by atoms with Crippen molar-refractivity contribution in [1.82, 2.24) is 16.0 Å². The average molecular weight is 601 g/mol. The molecular weight excluding hydrogens is 568 g/mol. The minimum Gasteiger partial charge on any atom is -0.459 e. The van der Waals surface area contributed by atoms with Gasteiger partial charge in [-0.05, 0) is 61.2 Å². The summed E-state index contributed by atoms with van der Waals surface area (Å²) in [6.07, 6.45) is -0.307. The zero-order valence-corrected chi connectivity index (χ0v) is 23.0. The Morgan fingerprint density at radius 2 is 1.53 bits per heavy atom. The van der Waals surface area contributed by atoms with Gasteiger partial charge in [0.05, 0.1) is 9.85 Å². The number of nitrogens with zero attached hydrogens (tertiary/aromatic N) is 3. The molecule has 1 saturated heterocycles. The van der Waals surface area contributed by atoms with E-state index < -0.39 is 33.4 Å². The molecular formula is C26H32N8O9. The van der Waals surface area contributed by atoms with Crippen LogP contribution in [0, 0.1) is 20.2 Å². The standard InChI is InChI=1S/C26H32N8O9/c27-24(32-25(37)43-16-18-4-8-21(9-5-18)34(40)41)30-12-1-11-26(28,22(35)31-19-10-13-29-14-19)23(36)42-15-17-2-6-20(7-3-17)33(38)39/h2-9,19,29H,1,10-16,28H2,(H,31,35)(H3,27,30,32,37)/t19?,26-/m0/s1. The second-order valence-electron chi connectivity index (χ2n) is 9.63. The van der Waals surface area contributed by atoms with Crippen LogP contribution in [0.4, 0.5) is 16.2 Å². The van der Waals surface area contributed by atoms with Crippen LogP contribution in [0.5, 0.6) is 0 Å². The van der Waals surface area contributed by atoms with Crippen molar-refractivity contribution in [3.63, 3.8) is 0 Å². The summed E-state index contributed by atoms with van der Waals surface area (Å²) in [5.41, 5.74) is 10.7. The van der Waals surface area contributed by atoms with Crippen LogP contribution >= 0.6 is 0 Å². The second kappa shape index (κ2) is 15.2. The topological polar surface area (TPSA) is 256 Å². The Bertz CT molecular complexity index is 1350. The first-order valence-electron chi connectivity index (χ1n) is 13.2. The highest BCUT2D eigenvalue weighted by Gasteiger charge is 2.44. The Hall–Kier alpha value is -5.16. The number of carbonyl (C=O) groups excluding carboxylic acids is 3. The lowest BCUT2D eigenvalue weighted by molar-refractivity contribution is -0.385. The van der Waals surface area contributed by atoms with Crippen molar-refractivity contribution in [2.75, 3.05) is 19.6 Å². The molecule has 0 radical (unpaired) electrons. The lowest BCUT2D eigenvalue weighted by Gasteiger charge is -2.27. The van der Waals surface area contributed by atoms with Gasteiger partial charge in [0.25, 0.3) is 17.3 Å². The van der Waals surface area contributed by atoms with Crippen LogP contribution in [0.2, 0.25) is 0 Å². The van der Waals surface area contributed by atoms with Crippen molar-refractivity contribution >= 4 is 35.3 Å². The summed E-state index contributed by atoms with van der Waals surface area (Å²) in [6.45, 7) is 0.781. The number of amides is 2. The smallest absolute Gasteiger partial charge is 0.414 e. The second-order valence-corrected chi connectivity index (χ2v) is 9.63. The number of aliphatic imine (C=N–C) groups is 1. The number of rotatable bonds is 13. The molecule has 0 aromatic heterocycles. The predicted molar refractivity (Wildman–Crippen MR) is 151 cm³/mol. The number of alkyl carbamates (subject to hydrolysis) is 1. The highest BCUT2D eigenvalue weighted by atomic mass is 16.6. The lowest BCUT2D eigenvalue weighted by Crippen LogP contribution is -2.62. The van der Waals surface area contributed by atoms with Gasteiger partial charge in [-0.15, -0.1) is 0 Å². The van der Waals surface area contributed by atoms with E-state index >= 15 is 0 Å². The number of benzene rings is 2. The molecule has 2 aromatic rings. The fourth-order valence-corrected chi connectivity index (χ4v) is 3.99. The molecule has 0 spiro atoms. The third kappa shape index (κ3) is 9.72. The number of nitro groups is 2. The van der Waals surface area contributed by atoms with Crippen LogP contribution in [0.15, 0.2) is 53.5 Å². The molecule has 1 heterocycles. The maximum Gasteiger partial charge on any atom is 0.414 e. The SMILES string of the molecule is NC(=NCCC[C@](N)(C(=O)NC1CCNC1)C(=O)OCc1ccc([N+](=O)[O-])cc1)NC(=O)OCc1ccc([N+](=O)[O-])cc1. The fourth-order valence-electron chi connectivity index (χ4n) is 3.99.